The van der Waals surface area contributed by atoms with Gasteiger partial charge in [-0.3, -0.25) is 0 Å². The molecule has 0 fully saturated rings. The Labute approximate surface area is 319 Å². The van der Waals surface area contributed by atoms with Gasteiger partial charge in [0.1, 0.15) is 0 Å². The van der Waals surface area contributed by atoms with Gasteiger partial charge in [-0.1, -0.05) is 164 Å². The average molecular weight is 706 g/mol. The van der Waals surface area contributed by atoms with Crippen molar-refractivity contribution in [3.8, 4) is 44.5 Å². The second-order valence-corrected chi connectivity index (χ2v) is 14.8. The largest absolute Gasteiger partial charge is 0.311 e. The van der Waals surface area contributed by atoms with Crippen LogP contribution in [0.4, 0.5) is 17.1 Å². The highest BCUT2D eigenvalue weighted by molar-refractivity contribution is 7.26. The van der Waals surface area contributed by atoms with Gasteiger partial charge in [0.25, 0.3) is 0 Å². The standard InChI is InChI=1S/C52H35NS/c1-2-11-36(12-3-1)41-15-8-16-42(35-41)37-23-29-43(30-24-37)53(44-31-25-39(26-32-44)47-19-9-14-38-13-4-5-17-46(38)47)45-33-27-40(28-34-45)48-20-10-21-50-49-18-6-7-22-51(49)54-52(48)50/h1-35H. The van der Waals surface area contributed by atoms with Crippen molar-refractivity contribution in [2.45, 2.75) is 0 Å². The Morgan fingerprint density at radius 3 is 1.46 bits per heavy atom. The van der Waals surface area contributed by atoms with E-state index in [1.807, 2.05) is 11.3 Å². The number of hydrogen-bond donors (Lipinski definition) is 0. The minimum absolute atomic E-state index is 1.11. The first-order chi connectivity index (χ1) is 26.8. The van der Waals surface area contributed by atoms with E-state index in [9.17, 15) is 0 Å². The summed E-state index contributed by atoms with van der Waals surface area (Å²) in [5.41, 5.74) is 13.1. The first-order valence-electron chi connectivity index (χ1n) is 18.4. The third-order valence-corrected chi connectivity index (χ3v) is 11.7. The van der Waals surface area contributed by atoms with Gasteiger partial charge >= 0.3 is 0 Å². The molecule has 1 nitrogen and oxygen atoms in total. The highest BCUT2D eigenvalue weighted by Gasteiger charge is 2.16. The summed E-state index contributed by atoms with van der Waals surface area (Å²) in [5, 5.41) is 5.16. The van der Waals surface area contributed by atoms with Crippen LogP contribution in [0, 0.1) is 0 Å². The Bertz CT molecular complexity index is 2900. The molecule has 254 valence electrons. The maximum Gasteiger partial charge on any atom is 0.0462 e. The molecule has 0 aliphatic rings. The predicted octanol–water partition coefficient (Wildman–Crippen LogP) is 15.3. The molecule has 54 heavy (non-hydrogen) atoms. The van der Waals surface area contributed by atoms with E-state index in [1.165, 1.54) is 75.5 Å². The SMILES string of the molecule is c1ccc(-c2cccc(-c3ccc(N(c4ccc(-c5cccc6ccccc56)cc4)c4ccc(-c5cccc6c5sc5ccccc56)cc4)cc3)c2)cc1. The molecule has 0 unspecified atom stereocenters. The van der Waals surface area contributed by atoms with Crippen LogP contribution in [-0.2, 0) is 0 Å². The van der Waals surface area contributed by atoms with Gasteiger partial charge in [-0.05, 0) is 104 Å². The molecule has 0 aliphatic carbocycles. The van der Waals surface area contributed by atoms with Gasteiger partial charge in [0.15, 0.2) is 0 Å². The monoisotopic (exact) mass is 705 g/mol. The number of nitrogens with zero attached hydrogens (tertiary/aromatic N) is 1. The van der Waals surface area contributed by atoms with Crippen LogP contribution in [0.2, 0.25) is 0 Å². The van der Waals surface area contributed by atoms with Gasteiger partial charge in [-0.25, -0.2) is 0 Å². The fourth-order valence-corrected chi connectivity index (χ4v) is 9.03. The molecule has 0 N–H and O–H groups in total. The van der Waals surface area contributed by atoms with E-state index >= 15 is 0 Å². The van der Waals surface area contributed by atoms with Crippen LogP contribution in [0.25, 0.3) is 75.5 Å². The van der Waals surface area contributed by atoms with Crippen LogP contribution in [-0.4, -0.2) is 0 Å². The lowest BCUT2D eigenvalue weighted by Crippen LogP contribution is -2.09. The number of hydrogen-bond acceptors (Lipinski definition) is 2. The maximum absolute atomic E-state index is 2.36. The highest BCUT2D eigenvalue weighted by Crippen LogP contribution is 2.42. The topological polar surface area (TPSA) is 3.24 Å². The molecule has 0 saturated heterocycles. The van der Waals surface area contributed by atoms with E-state index < -0.39 is 0 Å². The third-order valence-electron chi connectivity index (χ3n) is 10.5. The molecule has 2 heteroatoms. The molecular weight excluding hydrogens is 671 g/mol. The van der Waals surface area contributed by atoms with Crippen LogP contribution >= 0.6 is 11.3 Å². The zero-order chi connectivity index (χ0) is 35.8. The Hall–Kier alpha value is -6.74. The van der Waals surface area contributed by atoms with E-state index in [1.54, 1.807) is 0 Å². The number of benzene rings is 9. The fourth-order valence-electron chi connectivity index (χ4n) is 7.79. The highest BCUT2D eigenvalue weighted by atomic mass is 32.1. The van der Waals surface area contributed by atoms with Gasteiger partial charge in [-0.2, -0.15) is 0 Å². The van der Waals surface area contributed by atoms with Crippen LogP contribution in [0.1, 0.15) is 0 Å². The lowest BCUT2D eigenvalue weighted by atomic mass is 9.97. The van der Waals surface area contributed by atoms with Crippen molar-refractivity contribution in [2.24, 2.45) is 0 Å². The second-order valence-electron chi connectivity index (χ2n) is 13.7. The molecule has 0 atom stereocenters. The summed E-state index contributed by atoms with van der Waals surface area (Å²) in [4.78, 5) is 2.36. The Kier molecular flexibility index (Phi) is 8.09. The summed E-state index contributed by atoms with van der Waals surface area (Å²) in [6, 6.07) is 77.0. The molecule has 1 aromatic heterocycles. The van der Waals surface area contributed by atoms with Crippen molar-refractivity contribution >= 4 is 59.3 Å². The zero-order valence-corrected chi connectivity index (χ0v) is 30.4. The number of anilines is 3. The molecule has 9 aromatic carbocycles. The van der Waals surface area contributed by atoms with E-state index in [0.717, 1.165) is 17.1 Å². The molecule has 1 heterocycles. The van der Waals surface area contributed by atoms with Crippen LogP contribution < -0.4 is 4.90 Å². The normalized spacial score (nSPS) is 11.3. The van der Waals surface area contributed by atoms with Gasteiger partial charge in [0.05, 0.1) is 0 Å². The van der Waals surface area contributed by atoms with Gasteiger partial charge in [-0.15, -0.1) is 11.3 Å². The molecule has 0 saturated carbocycles. The van der Waals surface area contributed by atoms with Gasteiger partial charge in [0, 0.05) is 37.2 Å². The van der Waals surface area contributed by atoms with E-state index in [-0.39, 0.29) is 0 Å². The first-order valence-corrected chi connectivity index (χ1v) is 19.2. The third kappa shape index (κ3) is 5.84. The lowest BCUT2D eigenvalue weighted by Gasteiger charge is -2.26. The van der Waals surface area contributed by atoms with Crippen molar-refractivity contribution in [3.05, 3.63) is 212 Å². The van der Waals surface area contributed by atoms with Crippen LogP contribution in [0.15, 0.2) is 212 Å². The smallest absolute Gasteiger partial charge is 0.0462 e. The van der Waals surface area contributed by atoms with Crippen LogP contribution in [0.3, 0.4) is 0 Å². The molecule has 0 aliphatic heterocycles. The summed E-state index contributed by atoms with van der Waals surface area (Å²) in [6.07, 6.45) is 0. The molecular formula is C52H35NS. The summed E-state index contributed by atoms with van der Waals surface area (Å²) < 4.78 is 2.66. The first kappa shape index (κ1) is 32.0. The Morgan fingerprint density at radius 1 is 0.296 bits per heavy atom. The number of fused-ring (bicyclic) bond motifs is 4. The van der Waals surface area contributed by atoms with E-state index in [2.05, 4.69) is 217 Å². The number of rotatable bonds is 7. The summed E-state index contributed by atoms with van der Waals surface area (Å²) in [7, 11) is 0. The van der Waals surface area contributed by atoms with Gasteiger partial charge < -0.3 is 4.90 Å². The Morgan fingerprint density at radius 2 is 0.759 bits per heavy atom. The van der Waals surface area contributed by atoms with Gasteiger partial charge in [0.2, 0.25) is 0 Å². The summed E-state index contributed by atoms with van der Waals surface area (Å²) in [6.45, 7) is 0. The molecule has 0 amide bonds. The quantitative estimate of drug-likeness (QED) is 0.160. The molecule has 10 aromatic rings. The zero-order valence-electron chi connectivity index (χ0n) is 29.6. The molecule has 10 rings (SSSR count). The van der Waals surface area contributed by atoms with Crippen molar-refractivity contribution in [1.29, 1.82) is 0 Å². The maximum atomic E-state index is 2.36. The lowest BCUT2D eigenvalue weighted by molar-refractivity contribution is 1.28. The molecule has 0 radical (unpaired) electrons. The second kappa shape index (κ2) is 13.7. The molecule has 0 bridgehead atoms. The number of thiophene rings is 1. The minimum atomic E-state index is 1.11. The molecule has 0 spiro atoms. The van der Waals surface area contributed by atoms with Crippen molar-refractivity contribution in [2.75, 3.05) is 4.90 Å². The van der Waals surface area contributed by atoms with E-state index in [4.69, 9.17) is 0 Å². The summed E-state index contributed by atoms with van der Waals surface area (Å²) in [5.74, 6) is 0. The van der Waals surface area contributed by atoms with Crippen molar-refractivity contribution in [3.63, 3.8) is 0 Å². The average Bonchev–Trinajstić information content (AvgIpc) is 3.64. The van der Waals surface area contributed by atoms with E-state index in [0.29, 0.717) is 0 Å². The van der Waals surface area contributed by atoms with Crippen molar-refractivity contribution < 1.29 is 0 Å². The summed E-state index contributed by atoms with van der Waals surface area (Å²) >= 11 is 1.88. The predicted molar refractivity (Wildman–Crippen MR) is 233 cm³/mol. The van der Waals surface area contributed by atoms with Crippen LogP contribution in [0.5, 0.6) is 0 Å². The minimum Gasteiger partial charge on any atom is -0.311 e. The fraction of sp³-hybridized carbons (Fsp3) is 0. The Balaban J connectivity index is 1.04. The van der Waals surface area contributed by atoms with Crippen molar-refractivity contribution in [1.82, 2.24) is 0 Å².